The van der Waals surface area contributed by atoms with Crippen molar-refractivity contribution in [2.45, 2.75) is 46.5 Å². The number of hydrogen-bond acceptors (Lipinski definition) is 3. The van der Waals surface area contributed by atoms with Crippen molar-refractivity contribution >= 4 is 17.6 Å². The Morgan fingerprint density at radius 3 is 2.14 bits per heavy atom. The van der Waals surface area contributed by atoms with E-state index in [0.29, 0.717) is 32.2 Å². The molecular weight excluding hydrogens is 278 g/mol. The molecule has 2 amide bonds. The highest BCUT2D eigenvalue weighted by atomic mass is 16.2. The molecule has 1 aromatic rings. The molecule has 0 spiro atoms. The second kappa shape index (κ2) is 6.42. The van der Waals surface area contributed by atoms with Gasteiger partial charge in [0, 0.05) is 31.2 Å². The summed E-state index contributed by atoms with van der Waals surface area (Å²) in [5.74, 6) is 0.0519. The molecule has 4 heteroatoms. The van der Waals surface area contributed by atoms with Crippen LogP contribution in [0.5, 0.6) is 0 Å². The van der Waals surface area contributed by atoms with Crippen LogP contribution in [0, 0.1) is 5.41 Å². The zero-order valence-corrected chi connectivity index (χ0v) is 13.5. The van der Waals surface area contributed by atoms with Gasteiger partial charge in [-0.25, -0.2) is 0 Å². The Bertz CT molecular complexity index is 581. The molecule has 0 bridgehead atoms. The number of β-lactam (4-membered cyclic amide) rings is 1. The normalized spacial score (nSPS) is 14.7. The molecule has 0 aliphatic carbocycles. The standard InChI is InChI=1S/C18H23NO3/c1-18(2,3)15(20)12-14-6-4-13(5-7-14)8-9-16(21)19-11-10-17(19)22/h4-7H,8-12H2,1-3H3. The number of likely N-dealkylation sites (tertiary alicyclic amines) is 1. The van der Waals surface area contributed by atoms with Crippen molar-refractivity contribution in [3.8, 4) is 0 Å². The highest BCUT2D eigenvalue weighted by Gasteiger charge is 2.29. The van der Waals surface area contributed by atoms with Crippen LogP contribution < -0.4 is 0 Å². The molecule has 1 heterocycles. The number of amides is 2. The summed E-state index contributed by atoms with van der Waals surface area (Å²) in [6, 6.07) is 7.80. The molecule has 0 saturated carbocycles. The number of carbonyl (C=O) groups excluding carboxylic acids is 3. The number of ketones is 1. The topological polar surface area (TPSA) is 54.5 Å². The van der Waals surface area contributed by atoms with E-state index < -0.39 is 0 Å². The van der Waals surface area contributed by atoms with E-state index >= 15 is 0 Å². The minimum absolute atomic E-state index is 0.0685. The highest BCUT2D eigenvalue weighted by Crippen LogP contribution is 2.18. The zero-order valence-electron chi connectivity index (χ0n) is 13.5. The second-order valence-corrected chi connectivity index (χ2v) is 6.86. The molecule has 0 unspecified atom stereocenters. The summed E-state index contributed by atoms with van der Waals surface area (Å²) in [6.07, 6.45) is 1.90. The van der Waals surface area contributed by atoms with Gasteiger partial charge in [0.05, 0.1) is 0 Å². The van der Waals surface area contributed by atoms with Gasteiger partial charge in [-0.3, -0.25) is 19.3 Å². The van der Waals surface area contributed by atoms with Crippen LogP contribution in [0.3, 0.4) is 0 Å². The Balaban J connectivity index is 1.85. The number of carbonyl (C=O) groups is 3. The summed E-state index contributed by atoms with van der Waals surface area (Å²) in [7, 11) is 0. The van der Waals surface area contributed by atoms with E-state index in [2.05, 4.69) is 0 Å². The zero-order chi connectivity index (χ0) is 16.3. The lowest BCUT2D eigenvalue weighted by molar-refractivity contribution is -0.152. The lowest BCUT2D eigenvalue weighted by atomic mass is 9.87. The molecule has 0 aromatic heterocycles. The first kappa shape index (κ1) is 16.4. The van der Waals surface area contributed by atoms with Crippen molar-refractivity contribution in [2.75, 3.05) is 6.54 Å². The Labute approximate surface area is 131 Å². The molecular formula is C18H23NO3. The van der Waals surface area contributed by atoms with Crippen molar-refractivity contribution in [1.82, 2.24) is 4.90 Å². The Morgan fingerprint density at radius 1 is 1.09 bits per heavy atom. The summed E-state index contributed by atoms with van der Waals surface area (Å²) in [4.78, 5) is 36.3. The molecule has 0 N–H and O–H groups in total. The molecule has 118 valence electrons. The van der Waals surface area contributed by atoms with Crippen LogP contribution >= 0.6 is 0 Å². The van der Waals surface area contributed by atoms with E-state index in [0.717, 1.165) is 11.1 Å². The first-order valence-corrected chi connectivity index (χ1v) is 7.71. The average molecular weight is 301 g/mol. The number of hydrogen-bond donors (Lipinski definition) is 0. The van der Waals surface area contributed by atoms with Crippen LogP contribution in [0.4, 0.5) is 0 Å². The van der Waals surface area contributed by atoms with E-state index in [1.54, 1.807) is 0 Å². The van der Waals surface area contributed by atoms with Gasteiger partial charge in [0.2, 0.25) is 11.8 Å². The molecule has 1 aromatic carbocycles. The van der Waals surface area contributed by atoms with Crippen LogP contribution in [0.25, 0.3) is 0 Å². The molecule has 1 fully saturated rings. The third kappa shape index (κ3) is 4.03. The van der Waals surface area contributed by atoms with E-state index in [4.69, 9.17) is 0 Å². The van der Waals surface area contributed by atoms with Crippen LogP contribution in [-0.4, -0.2) is 29.0 Å². The predicted molar refractivity (Wildman–Crippen MR) is 84.3 cm³/mol. The van der Waals surface area contributed by atoms with Gasteiger partial charge in [-0.05, 0) is 17.5 Å². The molecule has 4 nitrogen and oxygen atoms in total. The number of Topliss-reactive ketones (excluding diaryl/α,β-unsaturated/α-hetero) is 1. The highest BCUT2D eigenvalue weighted by molar-refractivity contribution is 5.99. The van der Waals surface area contributed by atoms with Crippen molar-refractivity contribution in [1.29, 1.82) is 0 Å². The number of rotatable bonds is 5. The van der Waals surface area contributed by atoms with Gasteiger partial charge in [0.25, 0.3) is 0 Å². The Hall–Kier alpha value is -1.97. The van der Waals surface area contributed by atoms with Gasteiger partial charge >= 0.3 is 0 Å². The lowest BCUT2D eigenvalue weighted by Crippen LogP contribution is -2.47. The van der Waals surface area contributed by atoms with Crippen LogP contribution in [0.2, 0.25) is 0 Å². The van der Waals surface area contributed by atoms with E-state index in [1.807, 2.05) is 45.0 Å². The van der Waals surface area contributed by atoms with Crippen LogP contribution in [0.15, 0.2) is 24.3 Å². The maximum Gasteiger partial charge on any atom is 0.230 e. The van der Waals surface area contributed by atoms with Gasteiger partial charge in [-0.1, -0.05) is 45.0 Å². The van der Waals surface area contributed by atoms with E-state index in [9.17, 15) is 14.4 Å². The first-order chi connectivity index (χ1) is 10.3. The van der Waals surface area contributed by atoms with Gasteiger partial charge < -0.3 is 0 Å². The fourth-order valence-electron chi connectivity index (χ4n) is 2.24. The molecule has 22 heavy (non-hydrogen) atoms. The monoisotopic (exact) mass is 301 g/mol. The van der Waals surface area contributed by atoms with Crippen molar-refractivity contribution in [3.05, 3.63) is 35.4 Å². The largest absolute Gasteiger partial charge is 0.299 e. The summed E-state index contributed by atoms with van der Waals surface area (Å²) in [6.45, 7) is 6.33. The first-order valence-electron chi connectivity index (χ1n) is 7.71. The summed E-state index contributed by atoms with van der Waals surface area (Å²) < 4.78 is 0. The summed E-state index contributed by atoms with van der Waals surface area (Å²) >= 11 is 0. The molecule has 0 atom stereocenters. The minimum Gasteiger partial charge on any atom is -0.299 e. The summed E-state index contributed by atoms with van der Waals surface area (Å²) in [5, 5.41) is 0. The SMILES string of the molecule is CC(C)(C)C(=O)Cc1ccc(CCC(=O)N2CCC2=O)cc1. The number of aryl methyl sites for hydroxylation is 1. The molecule has 0 radical (unpaired) electrons. The quantitative estimate of drug-likeness (QED) is 0.785. The molecule has 1 aliphatic rings. The maximum atomic E-state index is 12.0. The lowest BCUT2D eigenvalue weighted by Gasteiger charge is -2.28. The minimum atomic E-state index is -0.325. The van der Waals surface area contributed by atoms with Gasteiger partial charge in [0.15, 0.2) is 0 Å². The van der Waals surface area contributed by atoms with Gasteiger partial charge in [-0.2, -0.15) is 0 Å². The summed E-state index contributed by atoms with van der Waals surface area (Å²) in [5.41, 5.74) is 1.72. The molecule has 1 aliphatic heterocycles. The van der Waals surface area contributed by atoms with E-state index in [1.165, 1.54) is 4.90 Å². The second-order valence-electron chi connectivity index (χ2n) is 6.86. The van der Waals surface area contributed by atoms with Crippen molar-refractivity contribution in [2.24, 2.45) is 5.41 Å². The van der Waals surface area contributed by atoms with Crippen molar-refractivity contribution in [3.63, 3.8) is 0 Å². The fraction of sp³-hybridized carbons (Fsp3) is 0.500. The Kier molecular flexibility index (Phi) is 4.79. The van der Waals surface area contributed by atoms with Crippen LogP contribution in [0.1, 0.15) is 44.7 Å². The van der Waals surface area contributed by atoms with Crippen molar-refractivity contribution < 1.29 is 14.4 Å². The van der Waals surface area contributed by atoms with Crippen LogP contribution in [-0.2, 0) is 27.2 Å². The number of nitrogens with zero attached hydrogens (tertiary/aromatic N) is 1. The fourth-order valence-corrected chi connectivity index (χ4v) is 2.24. The smallest absolute Gasteiger partial charge is 0.230 e. The average Bonchev–Trinajstić information content (AvgIpc) is 2.44. The Morgan fingerprint density at radius 2 is 1.68 bits per heavy atom. The van der Waals surface area contributed by atoms with Gasteiger partial charge in [0.1, 0.15) is 5.78 Å². The third-order valence-electron chi connectivity index (χ3n) is 4.00. The number of imide groups is 1. The molecule has 2 rings (SSSR count). The van der Waals surface area contributed by atoms with E-state index in [-0.39, 0.29) is 23.0 Å². The third-order valence-corrected chi connectivity index (χ3v) is 4.00. The maximum absolute atomic E-state index is 12.0. The predicted octanol–water partition coefficient (Wildman–Crippen LogP) is 2.54. The number of benzene rings is 1. The molecule has 1 saturated heterocycles. The van der Waals surface area contributed by atoms with Gasteiger partial charge in [-0.15, -0.1) is 0 Å².